The van der Waals surface area contributed by atoms with Gasteiger partial charge in [-0.1, -0.05) is 24.3 Å². The van der Waals surface area contributed by atoms with Gasteiger partial charge in [-0.3, -0.25) is 19.8 Å². The van der Waals surface area contributed by atoms with Crippen LogP contribution < -0.4 is 16.4 Å². The number of nitrogens with two attached hydrogens (primary N) is 1. The lowest BCUT2D eigenvalue weighted by molar-refractivity contribution is -0.141. The number of hydrogen-bond donors (Lipinski definition) is 5. The maximum absolute atomic E-state index is 12.1. The summed E-state index contributed by atoms with van der Waals surface area (Å²) in [6.07, 6.45) is 0.190. The number of rotatable bonds is 7. The summed E-state index contributed by atoms with van der Waals surface area (Å²) < 4.78 is 0. The Morgan fingerprint density at radius 2 is 1.78 bits per heavy atom. The van der Waals surface area contributed by atoms with Gasteiger partial charge in [-0.15, -0.1) is 0 Å². The molecule has 124 valence electrons. The average Bonchev–Trinajstić information content (AvgIpc) is 2.46. The minimum absolute atomic E-state index is 0.0667. The van der Waals surface area contributed by atoms with Gasteiger partial charge in [0.2, 0.25) is 11.8 Å². The van der Waals surface area contributed by atoms with E-state index in [0.717, 1.165) is 5.56 Å². The third kappa shape index (κ3) is 5.77. The number of nitrogen functional groups attached to an aromatic ring is 1. The summed E-state index contributed by atoms with van der Waals surface area (Å²) >= 11 is 0. The molecular weight excluding hydrogens is 300 g/mol. The zero-order valence-electron chi connectivity index (χ0n) is 12.9. The topological polar surface area (TPSA) is 145 Å². The average molecular weight is 320 g/mol. The van der Waals surface area contributed by atoms with Crippen LogP contribution in [0.3, 0.4) is 0 Å². The Balaban J connectivity index is 2.85. The third-order valence-electron chi connectivity index (χ3n) is 3.13. The fraction of sp³-hybridized carbons (Fsp3) is 0.333. The Morgan fingerprint density at radius 3 is 2.22 bits per heavy atom. The maximum atomic E-state index is 12.1. The maximum Gasteiger partial charge on any atom is 0.325 e. The van der Waals surface area contributed by atoms with E-state index >= 15 is 0 Å². The zero-order chi connectivity index (χ0) is 17.6. The lowest BCUT2D eigenvalue weighted by atomic mass is 10.0. The van der Waals surface area contributed by atoms with Crippen molar-refractivity contribution in [3.63, 3.8) is 0 Å². The molecule has 0 aliphatic carbocycles. The number of nitrogens with one attached hydrogen (secondary N) is 3. The summed E-state index contributed by atoms with van der Waals surface area (Å²) in [5.41, 5.74) is 6.66. The summed E-state index contributed by atoms with van der Waals surface area (Å²) in [4.78, 5) is 34.2. The van der Waals surface area contributed by atoms with Crippen molar-refractivity contribution in [3.05, 3.63) is 35.4 Å². The van der Waals surface area contributed by atoms with Crippen molar-refractivity contribution in [2.45, 2.75) is 32.4 Å². The van der Waals surface area contributed by atoms with Gasteiger partial charge in [0.05, 0.1) is 0 Å². The van der Waals surface area contributed by atoms with Gasteiger partial charge in [-0.2, -0.15) is 0 Å². The number of hydrogen-bond acceptors (Lipinski definition) is 4. The number of benzene rings is 1. The van der Waals surface area contributed by atoms with E-state index in [4.69, 9.17) is 16.2 Å². The Bertz CT molecular complexity index is 612. The van der Waals surface area contributed by atoms with E-state index in [9.17, 15) is 14.4 Å². The molecule has 0 aliphatic rings. The van der Waals surface area contributed by atoms with Crippen LogP contribution in [-0.2, 0) is 20.8 Å². The van der Waals surface area contributed by atoms with E-state index in [1.54, 1.807) is 24.3 Å². The van der Waals surface area contributed by atoms with Crippen LogP contribution in [0.5, 0.6) is 0 Å². The molecular formula is C15H20N4O4. The second-order valence-corrected chi connectivity index (χ2v) is 5.14. The summed E-state index contributed by atoms with van der Waals surface area (Å²) in [6.45, 7) is 2.62. The number of carboxylic acid groups (broad SMARTS) is 1. The molecule has 2 atom stereocenters. The first-order chi connectivity index (χ1) is 10.7. The number of aliphatic carboxylic acids is 1. The number of amidine groups is 1. The zero-order valence-corrected chi connectivity index (χ0v) is 12.9. The first-order valence-corrected chi connectivity index (χ1v) is 6.94. The van der Waals surface area contributed by atoms with Gasteiger partial charge in [0.15, 0.2) is 0 Å². The lowest BCUT2D eigenvalue weighted by Crippen LogP contribution is -2.51. The molecule has 0 unspecified atom stereocenters. The molecule has 0 aliphatic heterocycles. The molecule has 0 spiro atoms. The van der Waals surface area contributed by atoms with E-state index in [1.807, 2.05) is 0 Å². The molecule has 0 fully saturated rings. The van der Waals surface area contributed by atoms with E-state index in [1.165, 1.54) is 13.8 Å². The van der Waals surface area contributed by atoms with Crippen LogP contribution >= 0.6 is 0 Å². The smallest absolute Gasteiger partial charge is 0.325 e. The predicted molar refractivity (Wildman–Crippen MR) is 84.0 cm³/mol. The van der Waals surface area contributed by atoms with Crippen molar-refractivity contribution in [1.82, 2.24) is 10.6 Å². The van der Waals surface area contributed by atoms with Crippen LogP contribution in [-0.4, -0.2) is 40.8 Å². The van der Waals surface area contributed by atoms with Crippen LogP contribution in [0.25, 0.3) is 0 Å². The molecule has 0 aromatic heterocycles. The standard InChI is InChI=1S/C15H20N4O4/c1-8(15(22)23)18-14(21)12(19-9(2)20)7-10-3-5-11(6-4-10)13(16)17/h3-6,8,12H,7H2,1-2H3,(H3,16,17)(H,18,21)(H,19,20)(H,22,23)/t8-,12-/m0/s1. The highest BCUT2D eigenvalue weighted by Gasteiger charge is 2.23. The molecule has 1 aromatic carbocycles. The van der Waals surface area contributed by atoms with Gasteiger partial charge >= 0.3 is 5.97 Å². The van der Waals surface area contributed by atoms with Gasteiger partial charge in [-0.25, -0.2) is 0 Å². The highest BCUT2D eigenvalue weighted by Crippen LogP contribution is 2.07. The van der Waals surface area contributed by atoms with Crippen LogP contribution in [0.4, 0.5) is 0 Å². The lowest BCUT2D eigenvalue weighted by Gasteiger charge is -2.19. The summed E-state index contributed by atoms with van der Waals surface area (Å²) in [5.74, 6) is -2.20. The van der Waals surface area contributed by atoms with Crippen molar-refractivity contribution in [2.24, 2.45) is 5.73 Å². The molecule has 8 nitrogen and oxygen atoms in total. The van der Waals surface area contributed by atoms with Crippen molar-refractivity contribution >= 4 is 23.6 Å². The molecule has 0 saturated carbocycles. The fourth-order valence-electron chi connectivity index (χ4n) is 1.89. The highest BCUT2D eigenvalue weighted by atomic mass is 16.4. The first-order valence-electron chi connectivity index (χ1n) is 6.94. The summed E-state index contributed by atoms with van der Waals surface area (Å²) in [6, 6.07) is 4.72. The van der Waals surface area contributed by atoms with Gasteiger partial charge in [-0.05, 0) is 12.5 Å². The number of carbonyl (C=O) groups is 3. The Morgan fingerprint density at radius 1 is 1.22 bits per heavy atom. The molecule has 0 heterocycles. The van der Waals surface area contributed by atoms with Crippen molar-refractivity contribution in [1.29, 1.82) is 5.41 Å². The summed E-state index contributed by atoms with van der Waals surface area (Å²) in [7, 11) is 0. The van der Waals surface area contributed by atoms with Crippen LogP contribution in [0, 0.1) is 5.41 Å². The fourth-order valence-corrected chi connectivity index (χ4v) is 1.89. The Hall–Kier alpha value is -2.90. The van der Waals surface area contributed by atoms with Crippen molar-refractivity contribution in [3.8, 4) is 0 Å². The molecule has 2 amide bonds. The van der Waals surface area contributed by atoms with E-state index < -0.39 is 29.9 Å². The third-order valence-corrected chi connectivity index (χ3v) is 3.13. The summed E-state index contributed by atoms with van der Waals surface area (Å²) in [5, 5.41) is 21.0. The molecule has 6 N–H and O–H groups in total. The van der Waals surface area contributed by atoms with E-state index in [2.05, 4.69) is 10.6 Å². The van der Waals surface area contributed by atoms with Crippen molar-refractivity contribution in [2.75, 3.05) is 0 Å². The number of carbonyl (C=O) groups excluding carboxylic acids is 2. The van der Waals surface area contributed by atoms with Crippen LogP contribution in [0.1, 0.15) is 25.0 Å². The minimum atomic E-state index is -1.16. The van der Waals surface area contributed by atoms with Gasteiger partial charge in [0.1, 0.15) is 17.9 Å². The SMILES string of the molecule is CC(=O)N[C@@H](Cc1ccc(C(=N)N)cc1)C(=O)N[C@@H](C)C(=O)O. The Labute approximate surface area is 133 Å². The van der Waals surface area contributed by atoms with Crippen molar-refractivity contribution < 1.29 is 19.5 Å². The second kappa shape index (κ2) is 7.92. The first kappa shape index (κ1) is 18.1. The number of amides is 2. The quantitative estimate of drug-likeness (QED) is 0.343. The monoisotopic (exact) mass is 320 g/mol. The second-order valence-electron chi connectivity index (χ2n) is 5.14. The van der Waals surface area contributed by atoms with Gasteiger partial charge in [0.25, 0.3) is 0 Å². The number of carboxylic acids is 1. The van der Waals surface area contributed by atoms with E-state index in [0.29, 0.717) is 5.56 Å². The molecule has 0 bridgehead atoms. The highest BCUT2D eigenvalue weighted by molar-refractivity contribution is 5.95. The van der Waals surface area contributed by atoms with Crippen LogP contribution in [0.2, 0.25) is 0 Å². The Kier molecular flexibility index (Phi) is 6.25. The normalized spacial score (nSPS) is 12.8. The molecule has 0 radical (unpaired) electrons. The molecule has 23 heavy (non-hydrogen) atoms. The molecule has 1 aromatic rings. The van der Waals surface area contributed by atoms with Gasteiger partial charge in [0, 0.05) is 18.9 Å². The minimum Gasteiger partial charge on any atom is -0.480 e. The molecule has 1 rings (SSSR count). The van der Waals surface area contributed by atoms with Crippen LogP contribution in [0.15, 0.2) is 24.3 Å². The van der Waals surface area contributed by atoms with E-state index in [-0.39, 0.29) is 12.3 Å². The molecule has 8 heteroatoms. The predicted octanol–water partition coefficient (Wildman–Crippen LogP) is -0.393. The molecule has 0 saturated heterocycles. The van der Waals surface area contributed by atoms with Gasteiger partial charge < -0.3 is 21.5 Å². The largest absolute Gasteiger partial charge is 0.480 e.